The van der Waals surface area contributed by atoms with Crippen molar-refractivity contribution in [3.63, 3.8) is 0 Å². The van der Waals surface area contributed by atoms with Gasteiger partial charge in [-0.3, -0.25) is 4.79 Å². The lowest BCUT2D eigenvalue weighted by atomic mass is 10.1. The number of aliphatic imine (C=N–C) groups is 1. The van der Waals surface area contributed by atoms with Gasteiger partial charge in [-0.1, -0.05) is 37.2 Å². The number of halogens is 2. The van der Waals surface area contributed by atoms with Crippen molar-refractivity contribution in [1.29, 1.82) is 0 Å². The zero-order valence-corrected chi connectivity index (χ0v) is 16.2. The van der Waals surface area contributed by atoms with Crippen molar-refractivity contribution >= 4 is 50.0 Å². The van der Waals surface area contributed by atoms with Crippen LogP contribution in [0.15, 0.2) is 23.2 Å². The Labute approximate surface area is 155 Å². The molecule has 0 spiro atoms. The maximum atomic E-state index is 13.5. The fourth-order valence-electron chi connectivity index (χ4n) is 2.88. The molecule has 0 radical (unpaired) electrons. The third-order valence-electron chi connectivity index (χ3n) is 4.49. The van der Waals surface area contributed by atoms with E-state index < -0.39 is 15.7 Å². The largest absolute Gasteiger partial charge is 0.316 e. The molecule has 2 aliphatic heterocycles. The van der Waals surface area contributed by atoms with Gasteiger partial charge in [0.05, 0.1) is 22.6 Å². The van der Waals surface area contributed by atoms with Crippen LogP contribution in [0.2, 0.25) is 5.02 Å². The lowest BCUT2D eigenvalue weighted by molar-refractivity contribution is -0.121. The highest BCUT2D eigenvalue weighted by Gasteiger charge is 2.49. The first kappa shape index (κ1) is 18.7. The third-order valence-corrected chi connectivity index (χ3v) is 7.99. The van der Waals surface area contributed by atoms with Crippen LogP contribution in [0.3, 0.4) is 0 Å². The molecule has 2 fully saturated rings. The van der Waals surface area contributed by atoms with Crippen LogP contribution in [0, 0.1) is 11.7 Å². The van der Waals surface area contributed by atoms with Gasteiger partial charge in [0, 0.05) is 16.9 Å². The van der Waals surface area contributed by atoms with Gasteiger partial charge in [0.2, 0.25) is 0 Å². The molecule has 2 saturated heterocycles. The lowest BCUT2D eigenvalue weighted by Crippen LogP contribution is -2.37. The molecule has 1 amide bonds. The Morgan fingerprint density at radius 3 is 2.84 bits per heavy atom. The molecule has 9 heteroatoms. The molecule has 2 aliphatic rings. The zero-order valence-electron chi connectivity index (χ0n) is 13.8. The second-order valence-electron chi connectivity index (χ2n) is 6.31. The highest BCUT2D eigenvalue weighted by Crippen LogP contribution is 2.41. The Morgan fingerprint density at radius 1 is 1.48 bits per heavy atom. The van der Waals surface area contributed by atoms with Crippen LogP contribution in [0.25, 0.3) is 0 Å². The van der Waals surface area contributed by atoms with Crippen molar-refractivity contribution in [3.8, 4) is 0 Å². The number of sulfone groups is 1. The summed E-state index contributed by atoms with van der Waals surface area (Å²) in [7, 11) is -3.15. The average molecular weight is 405 g/mol. The van der Waals surface area contributed by atoms with E-state index in [-0.39, 0.29) is 39.6 Å². The highest BCUT2D eigenvalue weighted by molar-refractivity contribution is 8.16. The summed E-state index contributed by atoms with van der Waals surface area (Å²) < 4.78 is 37.5. The summed E-state index contributed by atoms with van der Waals surface area (Å²) >= 11 is 7.18. The second kappa shape index (κ2) is 6.89. The number of amidine groups is 1. The zero-order chi connectivity index (χ0) is 18.4. The van der Waals surface area contributed by atoms with Crippen molar-refractivity contribution in [3.05, 3.63) is 29.0 Å². The molecule has 0 saturated carbocycles. The topological polar surface area (TPSA) is 66.8 Å². The number of anilines is 1. The number of hydrogen-bond donors (Lipinski definition) is 0. The van der Waals surface area contributed by atoms with Crippen LogP contribution in [0.1, 0.15) is 20.3 Å². The maximum Gasteiger partial charge on any atom is 0.250 e. The van der Waals surface area contributed by atoms with Gasteiger partial charge < -0.3 is 4.90 Å². The van der Waals surface area contributed by atoms with Crippen LogP contribution in [-0.4, -0.2) is 42.3 Å². The van der Waals surface area contributed by atoms with E-state index in [0.717, 1.165) is 0 Å². The molecule has 1 aromatic carbocycles. The average Bonchev–Trinajstić information content (AvgIpc) is 3.00. The van der Waals surface area contributed by atoms with Crippen LogP contribution >= 0.6 is 23.4 Å². The third kappa shape index (κ3) is 3.71. The lowest BCUT2D eigenvalue weighted by Gasteiger charge is -2.25. The fraction of sp³-hybridized carbons (Fsp3) is 0.500. The van der Waals surface area contributed by atoms with Crippen molar-refractivity contribution < 1.29 is 17.6 Å². The second-order valence-corrected chi connectivity index (χ2v) is 10.1. The SMILES string of the molecule is CC[C@H](C)C(=O)N=C1S[C@@H]2CS(=O)(=O)C[C@H]2N1c1ccc(F)c(Cl)c1. The Balaban J connectivity index is 2.02. The molecule has 2 heterocycles. The van der Waals surface area contributed by atoms with Crippen LogP contribution in [-0.2, 0) is 14.6 Å². The summed E-state index contributed by atoms with van der Waals surface area (Å²) in [5.41, 5.74) is 0.541. The Kier molecular flexibility index (Phi) is 5.14. The van der Waals surface area contributed by atoms with Gasteiger partial charge in [-0.25, -0.2) is 12.8 Å². The molecule has 0 unspecified atom stereocenters. The van der Waals surface area contributed by atoms with Crippen molar-refractivity contribution in [2.24, 2.45) is 10.9 Å². The number of fused-ring (bicyclic) bond motifs is 1. The number of benzene rings is 1. The molecule has 1 aromatic rings. The molecule has 5 nitrogen and oxygen atoms in total. The van der Waals surface area contributed by atoms with E-state index in [1.165, 1.54) is 30.0 Å². The molecule has 3 rings (SSSR count). The quantitative estimate of drug-likeness (QED) is 0.774. The molecule has 0 N–H and O–H groups in total. The van der Waals surface area contributed by atoms with Crippen LogP contribution < -0.4 is 4.90 Å². The summed E-state index contributed by atoms with van der Waals surface area (Å²) in [5.74, 6) is -0.982. The summed E-state index contributed by atoms with van der Waals surface area (Å²) in [5, 5.41) is 0.203. The van der Waals surface area contributed by atoms with Gasteiger partial charge in [-0.15, -0.1) is 0 Å². The summed E-state index contributed by atoms with van der Waals surface area (Å²) in [6, 6.07) is 3.86. The monoisotopic (exact) mass is 404 g/mol. The summed E-state index contributed by atoms with van der Waals surface area (Å²) in [4.78, 5) is 18.2. The van der Waals surface area contributed by atoms with Gasteiger partial charge in [0.15, 0.2) is 15.0 Å². The molecular weight excluding hydrogens is 387 g/mol. The molecule has 0 aliphatic carbocycles. The number of nitrogens with zero attached hydrogens (tertiary/aromatic N) is 2. The summed E-state index contributed by atoms with van der Waals surface area (Å²) in [6.45, 7) is 3.71. The minimum atomic E-state index is -3.15. The summed E-state index contributed by atoms with van der Waals surface area (Å²) in [6.07, 6.45) is 0.671. The van der Waals surface area contributed by atoms with Gasteiger partial charge in [0.25, 0.3) is 5.91 Å². The number of carbonyl (C=O) groups excluding carboxylic acids is 1. The standard InChI is InChI=1S/C16H18ClFN2O3S2/c1-3-9(2)15(21)19-16-20(10-4-5-12(18)11(17)6-10)13-7-25(22,23)8-14(13)24-16/h4-6,9,13-14H,3,7-8H2,1-2H3/t9-,13+,14+/m0/s1. The first-order valence-corrected chi connectivity index (χ1v) is 11.0. The van der Waals surface area contributed by atoms with Gasteiger partial charge in [-0.05, 0) is 24.6 Å². The van der Waals surface area contributed by atoms with Crippen LogP contribution in [0.4, 0.5) is 10.1 Å². The van der Waals surface area contributed by atoms with Gasteiger partial charge in [-0.2, -0.15) is 4.99 Å². The van der Waals surface area contributed by atoms with E-state index in [1.807, 2.05) is 6.92 Å². The molecule has 25 heavy (non-hydrogen) atoms. The van der Waals surface area contributed by atoms with Crippen molar-refractivity contribution in [2.45, 2.75) is 31.6 Å². The Morgan fingerprint density at radius 2 is 2.20 bits per heavy atom. The van der Waals surface area contributed by atoms with Gasteiger partial charge >= 0.3 is 0 Å². The smallest absolute Gasteiger partial charge is 0.250 e. The van der Waals surface area contributed by atoms with Crippen molar-refractivity contribution in [2.75, 3.05) is 16.4 Å². The van der Waals surface area contributed by atoms with Crippen LogP contribution in [0.5, 0.6) is 0 Å². The van der Waals surface area contributed by atoms with E-state index >= 15 is 0 Å². The first-order valence-electron chi connectivity index (χ1n) is 7.95. The minimum absolute atomic E-state index is 0.0177. The van der Waals surface area contributed by atoms with E-state index in [0.29, 0.717) is 17.3 Å². The Hall–Kier alpha value is -1.12. The molecule has 136 valence electrons. The number of carbonyl (C=O) groups is 1. The first-order chi connectivity index (χ1) is 11.7. The normalized spacial score (nSPS) is 27.5. The number of rotatable bonds is 3. The number of amides is 1. The number of thioether (sulfide) groups is 1. The van der Waals surface area contributed by atoms with E-state index in [1.54, 1.807) is 11.8 Å². The molecule has 0 aromatic heterocycles. The predicted octanol–water partition coefficient (Wildman–Crippen LogP) is 3.13. The molecule has 0 bridgehead atoms. The maximum absolute atomic E-state index is 13.5. The minimum Gasteiger partial charge on any atom is -0.316 e. The van der Waals surface area contributed by atoms with E-state index in [2.05, 4.69) is 4.99 Å². The Bertz CT molecular complexity index is 844. The molecular formula is C16H18ClFN2O3S2. The van der Waals surface area contributed by atoms with E-state index in [9.17, 15) is 17.6 Å². The highest BCUT2D eigenvalue weighted by atomic mass is 35.5. The van der Waals surface area contributed by atoms with E-state index in [4.69, 9.17) is 11.6 Å². The molecule has 3 atom stereocenters. The number of hydrogen-bond acceptors (Lipinski definition) is 4. The fourth-order valence-corrected chi connectivity index (χ4v) is 6.97. The van der Waals surface area contributed by atoms with Crippen molar-refractivity contribution in [1.82, 2.24) is 0 Å². The van der Waals surface area contributed by atoms with Gasteiger partial charge in [0.1, 0.15) is 5.82 Å². The predicted molar refractivity (Wildman–Crippen MR) is 99.6 cm³/mol.